The lowest BCUT2D eigenvalue weighted by Gasteiger charge is -2.32. The van der Waals surface area contributed by atoms with Crippen LogP contribution in [0.15, 0.2) is 24.3 Å². The van der Waals surface area contributed by atoms with Crippen LogP contribution in [0.4, 0.5) is 0 Å². The van der Waals surface area contributed by atoms with Crippen LogP contribution >= 0.6 is 0 Å². The molecule has 2 unspecified atom stereocenters. The Kier molecular flexibility index (Phi) is 6.03. The fourth-order valence-corrected chi connectivity index (χ4v) is 2.68. The minimum absolute atomic E-state index is 0.244. The van der Waals surface area contributed by atoms with Crippen molar-refractivity contribution in [3.63, 3.8) is 0 Å². The van der Waals surface area contributed by atoms with Crippen LogP contribution in [0.2, 0.25) is 0 Å². The van der Waals surface area contributed by atoms with Crippen molar-refractivity contribution in [1.29, 1.82) is 0 Å². The van der Waals surface area contributed by atoms with Gasteiger partial charge in [-0.15, -0.1) is 0 Å². The molecular weight excluding hydrogens is 266 g/mol. The first kappa shape index (κ1) is 16.3. The van der Waals surface area contributed by atoms with Crippen molar-refractivity contribution in [1.82, 2.24) is 4.90 Å². The van der Waals surface area contributed by atoms with E-state index in [1.165, 1.54) is 5.56 Å². The Morgan fingerprint density at radius 3 is 2.86 bits per heavy atom. The van der Waals surface area contributed by atoms with Crippen LogP contribution in [0.3, 0.4) is 0 Å². The van der Waals surface area contributed by atoms with Crippen molar-refractivity contribution < 1.29 is 14.6 Å². The summed E-state index contributed by atoms with van der Waals surface area (Å²) in [6.45, 7) is 9.82. The van der Waals surface area contributed by atoms with Gasteiger partial charge in [-0.1, -0.05) is 32.0 Å². The van der Waals surface area contributed by atoms with Crippen molar-refractivity contribution in [2.45, 2.75) is 38.9 Å². The number of ether oxygens (including phenoxy) is 2. The van der Waals surface area contributed by atoms with E-state index in [1.54, 1.807) is 0 Å². The molecular formula is C17H27NO3. The lowest BCUT2D eigenvalue weighted by Crippen LogP contribution is -2.45. The van der Waals surface area contributed by atoms with Gasteiger partial charge in [0.1, 0.15) is 18.5 Å². The molecule has 2 atom stereocenters. The van der Waals surface area contributed by atoms with Crippen LogP contribution in [0.1, 0.15) is 32.3 Å². The van der Waals surface area contributed by atoms with Gasteiger partial charge in [-0.3, -0.25) is 4.90 Å². The summed E-state index contributed by atoms with van der Waals surface area (Å²) in [5.74, 6) is 1.29. The SMILES string of the molecule is CC1CN(CC(O)COc2ccccc2C(C)C)CCO1. The second-order valence-electron chi connectivity index (χ2n) is 6.10. The van der Waals surface area contributed by atoms with Crippen molar-refractivity contribution in [2.75, 3.05) is 32.8 Å². The molecule has 0 saturated carbocycles. The number of morpholine rings is 1. The average Bonchev–Trinajstić information content (AvgIpc) is 2.45. The highest BCUT2D eigenvalue weighted by Crippen LogP contribution is 2.25. The van der Waals surface area contributed by atoms with Crippen LogP contribution in [0.5, 0.6) is 5.75 Å². The van der Waals surface area contributed by atoms with Gasteiger partial charge in [0.2, 0.25) is 0 Å². The van der Waals surface area contributed by atoms with Crippen molar-refractivity contribution in [3.05, 3.63) is 29.8 Å². The maximum Gasteiger partial charge on any atom is 0.122 e. The second kappa shape index (κ2) is 7.78. The molecule has 1 aliphatic heterocycles. The number of nitrogens with zero attached hydrogens (tertiary/aromatic N) is 1. The van der Waals surface area contributed by atoms with E-state index in [9.17, 15) is 5.11 Å². The third-order valence-electron chi connectivity index (χ3n) is 3.77. The fourth-order valence-electron chi connectivity index (χ4n) is 2.68. The maximum atomic E-state index is 10.2. The van der Waals surface area contributed by atoms with Gasteiger partial charge in [-0.2, -0.15) is 0 Å². The predicted octanol–water partition coefficient (Wildman–Crippen LogP) is 2.27. The summed E-state index contributed by atoms with van der Waals surface area (Å²) < 4.78 is 11.3. The zero-order valence-corrected chi connectivity index (χ0v) is 13.3. The second-order valence-corrected chi connectivity index (χ2v) is 6.10. The van der Waals surface area contributed by atoms with Gasteiger partial charge in [0.05, 0.1) is 12.7 Å². The van der Waals surface area contributed by atoms with Crippen molar-refractivity contribution in [3.8, 4) is 5.75 Å². The summed E-state index contributed by atoms with van der Waals surface area (Å²) in [7, 11) is 0. The Labute approximate surface area is 127 Å². The highest BCUT2D eigenvalue weighted by atomic mass is 16.5. The minimum Gasteiger partial charge on any atom is -0.491 e. The third-order valence-corrected chi connectivity index (χ3v) is 3.77. The van der Waals surface area contributed by atoms with Crippen LogP contribution in [-0.4, -0.2) is 55.1 Å². The Balaban J connectivity index is 1.82. The first-order valence-electron chi connectivity index (χ1n) is 7.80. The van der Waals surface area contributed by atoms with Gasteiger partial charge in [-0.25, -0.2) is 0 Å². The van der Waals surface area contributed by atoms with Gasteiger partial charge >= 0.3 is 0 Å². The van der Waals surface area contributed by atoms with E-state index in [-0.39, 0.29) is 6.10 Å². The summed E-state index contributed by atoms with van der Waals surface area (Å²) in [4.78, 5) is 2.23. The molecule has 0 aromatic heterocycles. The lowest BCUT2D eigenvalue weighted by atomic mass is 10.0. The van der Waals surface area contributed by atoms with E-state index in [2.05, 4.69) is 31.7 Å². The molecule has 0 amide bonds. The van der Waals surface area contributed by atoms with Gasteiger partial charge in [0, 0.05) is 19.6 Å². The minimum atomic E-state index is -0.476. The number of β-amino-alcohol motifs (C(OH)–C–C–N with tert-alkyl or cyclic N) is 1. The molecule has 0 spiro atoms. The maximum absolute atomic E-state index is 10.2. The standard InChI is InChI=1S/C17H27NO3/c1-13(2)16-6-4-5-7-17(16)21-12-15(19)11-18-8-9-20-14(3)10-18/h4-7,13-15,19H,8-12H2,1-3H3. The highest BCUT2D eigenvalue weighted by molar-refractivity contribution is 5.35. The number of para-hydroxylation sites is 1. The Morgan fingerprint density at radius 2 is 2.14 bits per heavy atom. The lowest BCUT2D eigenvalue weighted by molar-refractivity contribution is -0.0361. The average molecular weight is 293 g/mol. The van der Waals surface area contributed by atoms with E-state index >= 15 is 0 Å². The van der Waals surface area contributed by atoms with Gasteiger partial charge in [-0.05, 0) is 24.5 Å². The molecule has 0 bridgehead atoms. The van der Waals surface area contributed by atoms with Crippen molar-refractivity contribution in [2.24, 2.45) is 0 Å². The number of aliphatic hydroxyl groups is 1. The van der Waals surface area contributed by atoms with E-state index in [1.807, 2.05) is 18.2 Å². The molecule has 1 aromatic carbocycles. The van der Waals surface area contributed by atoms with E-state index in [0.717, 1.165) is 25.4 Å². The zero-order chi connectivity index (χ0) is 15.2. The molecule has 2 rings (SSSR count). The van der Waals surface area contributed by atoms with Crippen molar-refractivity contribution >= 4 is 0 Å². The molecule has 4 nitrogen and oxygen atoms in total. The van der Waals surface area contributed by atoms with Crippen LogP contribution in [0.25, 0.3) is 0 Å². The molecule has 1 fully saturated rings. The molecule has 1 saturated heterocycles. The number of rotatable bonds is 6. The van der Waals surface area contributed by atoms with Crippen LogP contribution < -0.4 is 4.74 Å². The zero-order valence-electron chi connectivity index (χ0n) is 13.3. The fraction of sp³-hybridized carbons (Fsp3) is 0.647. The quantitative estimate of drug-likeness (QED) is 0.873. The van der Waals surface area contributed by atoms with Gasteiger partial charge < -0.3 is 14.6 Å². The molecule has 0 aliphatic carbocycles. The molecule has 21 heavy (non-hydrogen) atoms. The summed E-state index contributed by atoms with van der Waals surface area (Å²) in [6, 6.07) is 8.04. The summed E-state index contributed by atoms with van der Waals surface area (Å²) in [5, 5.41) is 10.2. The monoisotopic (exact) mass is 293 g/mol. The Hall–Kier alpha value is -1.10. The number of aliphatic hydroxyl groups excluding tert-OH is 1. The molecule has 4 heteroatoms. The van der Waals surface area contributed by atoms with E-state index in [4.69, 9.17) is 9.47 Å². The highest BCUT2D eigenvalue weighted by Gasteiger charge is 2.19. The van der Waals surface area contributed by atoms with Crippen LogP contribution in [-0.2, 0) is 4.74 Å². The largest absolute Gasteiger partial charge is 0.491 e. The first-order chi connectivity index (χ1) is 10.1. The summed E-state index contributed by atoms with van der Waals surface area (Å²) in [5.41, 5.74) is 1.18. The normalized spacial score (nSPS) is 21.5. The van der Waals surface area contributed by atoms with Crippen LogP contribution in [0, 0.1) is 0 Å². The Bertz CT molecular complexity index is 436. The first-order valence-corrected chi connectivity index (χ1v) is 7.80. The molecule has 1 heterocycles. The molecule has 118 valence electrons. The smallest absolute Gasteiger partial charge is 0.122 e. The summed E-state index contributed by atoms with van der Waals surface area (Å²) in [6.07, 6.45) is -0.232. The topological polar surface area (TPSA) is 41.9 Å². The van der Waals surface area contributed by atoms with E-state index < -0.39 is 6.10 Å². The van der Waals surface area contributed by atoms with E-state index in [0.29, 0.717) is 19.1 Å². The van der Waals surface area contributed by atoms with Gasteiger partial charge in [0.15, 0.2) is 0 Å². The number of hydrogen-bond acceptors (Lipinski definition) is 4. The molecule has 1 aromatic rings. The molecule has 1 N–H and O–H groups in total. The summed E-state index contributed by atoms with van der Waals surface area (Å²) >= 11 is 0. The molecule has 1 aliphatic rings. The Morgan fingerprint density at radius 1 is 1.38 bits per heavy atom. The number of benzene rings is 1. The van der Waals surface area contributed by atoms with Gasteiger partial charge in [0.25, 0.3) is 0 Å². The third kappa shape index (κ3) is 4.99. The number of hydrogen-bond donors (Lipinski definition) is 1. The predicted molar refractivity (Wildman–Crippen MR) is 83.9 cm³/mol. The molecule has 0 radical (unpaired) electrons.